The van der Waals surface area contributed by atoms with Gasteiger partial charge in [0.05, 0.1) is 7.11 Å². The van der Waals surface area contributed by atoms with Gasteiger partial charge in [-0.05, 0) is 67.1 Å². The minimum absolute atomic E-state index is 0.0163. The molecule has 28 heavy (non-hydrogen) atoms. The summed E-state index contributed by atoms with van der Waals surface area (Å²) in [7, 11) is 1.65. The van der Waals surface area contributed by atoms with Gasteiger partial charge in [0, 0.05) is 24.7 Å². The van der Waals surface area contributed by atoms with Crippen molar-refractivity contribution in [1.29, 1.82) is 0 Å². The van der Waals surface area contributed by atoms with Crippen molar-refractivity contribution in [3.8, 4) is 5.75 Å². The number of carbonyl (C=O) groups excluding carboxylic acids is 1. The van der Waals surface area contributed by atoms with Gasteiger partial charge in [0.1, 0.15) is 5.75 Å². The minimum atomic E-state index is -0.0163. The van der Waals surface area contributed by atoms with Crippen LogP contribution in [-0.4, -0.2) is 43.1 Å². The Labute approximate surface area is 167 Å². The zero-order chi connectivity index (χ0) is 19.3. The number of hydrogen-bond donors (Lipinski definition) is 1. The van der Waals surface area contributed by atoms with E-state index in [0.717, 1.165) is 50.1 Å². The Kier molecular flexibility index (Phi) is 5.77. The van der Waals surface area contributed by atoms with E-state index in [2.05, 4.69) is 34.5 Å². The Morgan fingerprint density at radius 1 is 1.11 bits per heavy atom. The van der Waals surface area contributed by atoms with Crippen LogP contribution in [0.1, 0.15) is 29.5 Å². The number of methoxy groups -OCH3 is 1. The molecule has 2 aromatic carbocycles. The highest BCUT2D eigenvalue weighted by Gasteiger charge is 2.30. The van der Waals surface area contributed by atoms with Gasteiger partial charge in [0.15, 0.2) is 0 Å². The first kappa shape index (κ1) is 18.8. The SMILES string of the molecule is COc1ccc(/C=C/C(=O)N[C@H]2CCCN(C3Cc4ccccc4C3)C2)cc1. The molecule has 146 valence electrons. The summed E-state index contributed by atoms with van der Waals surface area (Å²) in [5, 5.41) is 3.19. The van der Waals surface area contributed by atoms with Crippen LogP contribution >= 0.6 is 0 Å². The molecule has 1 atom stereocenters. The quantitative estimate of drug-likeness (QED) is 0.813. The molecule has 0 spiro atoms. The molecule has 0 saturated carbocycles. The smallest absolute Gasteiger partial charge is 0.244 e. The fourth-order valence-electron chi connectivity index (χ4n) is 4.39. The van der Waals surface area contributed by atoms with E-state index in [-0.39, 0.29) is 11.9 Å². The lowest BCUT2D eigenvalue weighted by molar-refractivity contribution is -0.117. The zero-order valence-corrected chi connectivity index (χ0v) is 16.4. The molecule has 1 fully saturated rings. The average molecular weight is 377 g/mol. The van der Waals surface area contributed by atoms with E-state index >= 15 is 0 Å². The summed E-state index contributed by atoms with van der Waals surface area (Å²) in [6, 6.07) is 17.3. The van der Waals surface area contributed by atoms with Crippen molar-refractivity contribution in [3.05, 3.63) is 71.3 Å². The molecule has 0 bridgehead atoms. The summed E-state index contributed by atoms with van der Waals surface area (Å²) >= 11 is 0. The second-order valence-electron chi connectivity index (χ2n) is 7.78. The average Bonchev–Trinajstić information content (AvgIpc) is 3.17. The largest absolute Gasteiger partial charge is 0.497 e. The number of carbonyl (C=O) groups is 1. The van der Waals surface area contributed by atoms with Gasteiger partial charge in [-0.15, -0.1) is 0 Å². The number of nitrogens with one attached hydrogen (secondary N) is 1. The summed E-state index contributed by atoms with van der Waals surface area (Å²) in [6.45, 7) is 2.08. The van der Waals surface area contributed by atoms with Gasteiger partial charge < -0.3 is 10.1 Å². The normalized spacial score (nSPS) is 20.2. The topological polar surface area (TPSA) is 41.6 Å². The molecular weight excluding hydrogens is 348 g/mol. The van der Waals surface area contributed by atoms with Gasteiger partial charge >= 0.3 is 0 Å². The summed E-state index contributed by atoms with van der Waals surface area (Å²) in [4.78, 5) is 14.9. The predicted molar refractivity (Wildman–Crippen MR) is 112 cm³/mol. The summed E-state index contributed by atoms with van der Waals surface area (Å²) in [5.41, 5.74) is 3.96. The van der Waals surface area contributed by atoms with Gasteiger partial charge in [-0.1, -0.05) is 36.4 Å². The van der Waals surface area contributed by atoms with E-state index in [9.17, 15) is 4.79 Å². The van der Waals surface area contributed by atoms with Crippen LogP contribution in [0.25, 0.3) is 6.08 Å². The first-order valence-electron chi connectivity index (χ1n) is 10.1. The minimum Gasteiger partial charge on any atom is -0.497 e. The van der Waals surface area contributed by atoms with Crippen LogP contribution in [0.2, 0.25) is 0 Å². The fourth-order valence-corrected chi connectivity index (χ4v) is 4.39. The molecule has 0 radical (unpaired) electrons. The van der Waals surface area contributed by atoms with E-state index in [1.165, 1.54) is 11.1 Å². The van der Waals surface area contributed by atoms with Crippen molar-refractivity contribution in [1.82, 2.24) is 10.2 Å². The molecule has 1 heterocycles. The highest BCUT2D eigenvalue weighted by atomic mass is 16.5. The lowest BCUT2D eigenvalue weighted by Gasteiger charge is -2.37. The monoisotopic (exact) mass is 376 g/mol. The number of hydrogen-bond acceptors (Lipinski definition) is 3. The molecule has 4 rings (SSSR count). The third-order valence-electron chi connectivity index (χ3n) is 5.89. The Morgan fingerprint density at radius 2 is 1.82 bits per heavy atom. The van der Waals surface area contributed by atoms with Crippen molar-refractivity contribution in [3.63, 3.8) is 0 Å². The third kappa shape index (κ3) is 4.45. The van der Waals surface area contributed by atoms with Crippen molar-refractivity contribution >= 4 is 12.0 Å². The fraction of sp³-hybridized carbons (Fsp3) is 0.375. The van der Waals surface area contributed by atoms with Crippen LogP contribution < -0.4 is 10.1 Å². The van der Waals surface area contributed by atoms with Gasteiger partial charge in [0.2, 0.25) is 5.91 Å². The highest BCUT2D eigenvalue weighted by Crippen LogP contribution is 2.27. The second kappa shape index (κ2) is 8.61. The molecule has 1 aliphatic carbocycles. The number of benzene rings is 2. The van der Waals surface area contributed by atoms with Crippen LogP contribution in [0.15, 0.2) is 54.6 Å². The maximum atomic E-state index is 12.4. The number of nitrogens with zero attached hydrogens (tertiary/aromatic N) is 1. The molecule has 0 unspecified atom stereocenters. The third-order valence-corrected chi connectivity index (χ3v) is 5.89. The summed E-state index contributed by atoms with van der Waals surface area (Å²) < 4.78 is 5.16. The van der Waals surface area contributed by atoms with E-state index in [0.29, 0.717) is 6.04 Å². The Balaban J connectivity index is 1.30. The van der Waals surface area contributed by atoms with Crippen LogP contribution in [0.3, 0.4) is 0 Å². The molecule has 1 saturated heterocycles. The first-order chi connectivity index (χ1) is 13.7. The molecular formula is C24H28N2O2. The van der Waals surface area contributed by atoms with Gasteiger partial charge in [-0.25, -0.2) is 0 Å². The van der Waals surface area contributed by atoms with Gasteiger partial charge in [-0.2, -0.15) is 0 Å². The maximum absolute atomic E-state index is 12.4. The zero-order valence-electron chi connectivity index (χ0n) is 16.4. The molecule has 1 aliphatic heterocycles. The van der Waals surface area contributed by atoms with Gasteiger partial charge in [0.25, 0.3) is 0 Å². The first-order valence-corrected chi connectivity index (χ1v) is 10.1. The van der Waals surface area contributed by atoms with E-state index < -0.39 is 0 Å². The standard InChI is InChI=1S/C24H28N2O2/c1-28-23-11-8-18(9-12-23)10-13-24(27)25-21-7-4-14-26(17-21)22-15-19-5-2-3-6-20(19)16-22/h2-3,5-6,8-13,21-22H,4,7,14-17H2,1H3,(H,25,27)/b13-10+/t21-/m0/s1. The van der Waals surface area contributed by atoms with Crippen LogP contribution in [0, 0.1) is 0 Å². The van der Waals surface area contributed by atoms with Crippen LogP contribution in [0.5, 0.6) is 5.75 Å². The number of piperidine rings is 1. The Hall–Kier alpha value is -2.59. The maximum Gasteiger partial charge on any atom is 0.244 e. The van der Waals surface area contributed by atoms with Crippen LogP contribution in [-0.2, 0) is 17.6 Å². The number of rotatable bonds is 5. The lowest BCUT2D eigenvalue weighted by atomic mass is 10.0. The van der Waals surface area contributed by atoms with E-state index in [1.54, 1.807) is 13.2 Å². The Bertz CT molecular complexity index is 819. The predicted octanol–water partition coefficient (Wildman–Crippen LogP) is 3.46. The molecule has 4 heteroatoms. The number of likely N-dealkylation sites (tertiary alicyclic amines) is 1. The second-order valence-corrected chi connectivity index (χ2v) is 7.78. The number of amides is 1. The molecule has 4 nitrogen and oxygen atoms in total. The summed E-state index contributed by atoms with van der Waals surface area (Å²) in [6.07, 6.45) is 7.94. The number of ether oxygens (including phenoxy) is 1. The van der Waals surface area contributed by atoms with Crippen molar-refractivity contribution in [2.24, 2.45) is 0 Å². The molecule has 1 N–H and O–H groups in total. The van der Waals surface area contributed by atoms with E-state index in [1.807, 2.05) is 30.3 Å². The Morgan fingerprint density at radius 3 is 2.50 bits per heavy atom. The lowest BCUT2D eigenvalue weighted by Crippen LogP contribution is -2.51. The van der Waals surface area contributed by atoms with E-state index in [4.69, 9.17) is 4.74 Å². The molecule has 2 aliphatic rings. The van der Waals surface area contributed by atoms with Gasteiger partial charge in [-0.3, -0.25) is 9.69 Å². The highest BCUT2D eigenvalue weighted by molar-refractivity contribution is 5.91. The van der Waals surface area contributed by atoms with Crippen molar-refractivity contribution in [2.45, 2.75) is 37.8 Å². The van der Waals surface area contributed by atoms with Crippen molar-refractivity contribution in [2.75, 3.05) is 20.2 Å². The van der Waals surface area contributed by atoms with Crippen molar-refractivity contribution < 1.29 is 9.53 Å². The number of fused-ring (bicyclic) bond motifs is 1. The molecule has 0 aromatic heterocycles. The van der Waals surface area contributed by atoms with Crippen LogP contribution in [0.4, 0.5) is 0 Å². The summed E-state index contributed by atoms with van der Waals surface area (Å²) in [5.74, 6) is 0.801. The molecule has 1 amide bonds. The molecule has 2 aromatic rings.